The molecule has 0 unspecified atom stereocenters. The SMILES string of the molecule is Oc1ccc2c(c1)[C@]13CCN(CC4CC4)[C@H](C2)[C@]12CC[C@@H]1[C@H]3[C@@H](CN1CC1CC1)O2. The lowest BCUT2D eigenvalue weighted by molar-refractivity contribution is -0.173. The molecule has 1 aromatic carbocycles. The molecule has 4 heteroatoms. The Morgan fingerprint density at radius 3 is 2.60 bits per heavy atom. The molecule has 8 rings (SSSR count). The van der Waals surface area contributed by atoms with Crippen LogP contribution in [-0.4, -0.2) is 64.9 Å². The minimum atomic E-state index is -0.0154. The zero-order valence-corrected chi connectivity index (χ0v) is 17.9. The molecular formula is C26H34N2O2. The molecule has 3 heterocycles. The summed E-state index contributed by atoms with van der Waals surface area (Å²) in [4.78, 5) is 5.67. The van der Waals surface area contributed by atoms with Gasteiger partial charge in [0, 0.05) is 43.1 Å². The lowest BCUT2D eigenvalue weighted by Gasteiger charge is -2.65. The maximum Gasteiger partial charge on any atom is 0.115 e. The first kappa shape index (κ1) is 17.5. The fourth-order valence-corrected chi connectivity index (χ4v) is 8.96. The fraction of sp³-hybridized carbons (Fsp3) is 0.769. The number of hydrogen-bond donors (Lipinski definition) is 1. The summed E-state index contributed by atoms with van der Waals surface area (Å²) in [7, 11) is 0. The van der Waals surface area contributed by atoms with Crippen LogP contribution >= 0.6 is 0 Å². The Balaban J connectivity index is 1.28. The standard InChI is InChI=1S/C26H34N2O2/c29-19-6-5-18-11-23-26-8-7-21-24(22(30-26)15-28(21)14-17-3-4-17)25(26,20(18)12-19)9-10-27(23)13-16-1-2-16/h5-6,12,16-17,21-24,29H,1-4,7-11,13-15H2/t21-,22-,23-,24+,25+,26-/m1/s1. The van der Waals surface area contributed by atoms with E-state index in [4.69, 9.17) is 4.74 Å². The smallest absolute Gasteiger partial charge is 0.115 e. The molecule has 1 aromatic rings. The number of likely N-dealkylation sites (tertiary alicyclic amines) is 2. The first-order chi connectivity index (χ1) is 14.7. The predicted molar refractivity (Wildman–Crippen MR) is 115 cm³/mol. The van der Waals surface area contributed by atoms with E-state index in [0.29, 0.717) is 29.9 Å². The van der Waals surface area contributed by atoms with Gasteiger partial charge in [-0.1, -0.05) is 6.07 Å². The molecule has 6 atom stereocenters. The second-order valence-corrected chi connectivity index (χ2v) is 11.8. The van der Waals surface area contributed by atoms with E-state index in [1.165, 1.54) is 75.7 Å². The van der Waals surface area contributed by atoms with Gasteiger partial charge in [0.15, 0.2) is 0 Å². The molecule has 6 fully saturated rings. The monoisotopic (exact) mass is 406 g/mol. The summed E-state index contributed by atoms with van der Waals surface area (Å²) in [5.41, 5.74) is 3.07. The van der Waals surface area contributed by atoms with Gasteiger partial charge < -0.3 is 9.84 Å². The molecule has 4 aliphatic carbocycles. The molecule has 4 nitrogen and oxygen atoms in total. The lowest BCUT2D eigenvalue weighted by Crippen LogP contribution is -2.74. The molecule has 0 radical (unpaired) electrons. The second-order valence-electron chi connectivity index (χ2n) is 11.8. The summed E-state index contributed by atoms with van der Waals surface area (Å²) < 4.78 is 7.32. The highest BCUT2D eigenvalue weighted by molar-refractivity contribution is 5.51. The zero-order chi connectivity index (χ0) is 19.7. The van der Waals surface area contributed by atoms with Gasteiger partial charge in [-0.25, -0.2) is 0 Å². The van der Waals surface area contributed by atoms with Gasteiger partial charge in [0.1, 0.15) is 5.75 Å². The van der Waals surface area contributed by atoms with E-state index in [9.17, 15) is 5.11 Å². The van der Waals surface area contributed by atoms with Crippen molar-refractivity contribution in [1.29, 1.82) is 0 Å². The van der Waals surface area contributed by atoms with Crippen molar-refractivity contribution in [2.75, 3.05) is 26.2 Å². The highest BCUT2D eigenvalue weighted by Crippen LogP contribution is 2.70. The van der Waals surface area contributed by atoms with Crippen molar-refractivity contribution in [2.45, 2.75) is 80.6 Å². The Morgan fingerprint density at radius 2 is 1.80 bits per heavy atom. The van der Waals surface area contributed by atoms with E-state index in [-0.39, 0.29) is 11.0 Å². The molecule has 0 amide bonds. The summed E-state index contributed by atoms with van der Waals surface area (Å²) in [6.07, 6.45) is 11.0. The number of hydrogen-bond acceptors (Lipinski definition) is 4. The number of benzene rings is 1. The van der Waals surface area contributed by atoms with Crippen LogP contribution in [-0.2, 0) is 16.6 Å². The average Bonchev–Trinajstić information content (AvgIpc) is 3.63. The van der Waals surface area contributed by atoms with Gasteiger partial charge in [-0.2, -0.15) is 0 Å². The quantitative estimate of drug-likeness (QED) is 0.832. The van der Waals surface area contributed by atoms with Gasteiger partial charge in [-0.15, -0.1) is 0 Å². The Bertz CT molecular complexity index is 910. The van der Waals surface area contributed by atoms with Gasteiger partial charge in [0.2, 0.25) is 0 Å². The molecule has 3 saturated carbocycles. The highest BCUT2D eigenvalue weighted by atomic mass is 16.5. The van der Waals surface area contributed by atoms with Crippen LogP contribution in [0, 0.1) is 17.8 Å². The largest absolute Gasteiger partial charge is 0.508 e. The summed E-state index contributed by atoms with van der Waals surface area (Å²) in [5, 5.41) is 10.5. The van der Waals surface area contributed by atoms with Gasteiger partial charge in [0.25, 0.3) is 0 Å². The molecule has 0 spiro atoms. The molecular weight excluding hydrogens is 372 g/mol. The highest BCUT2D eigenvalue weighted by Gasteiger charge is 2.77. The normalized spacial score (nSPS) is 46.7. The molecule has 3 aliphatic heterocycles. The number of phenols is 1. The van der Waals surface area contributed by atoms with Gasteiger partial charge in [0.05, 0.1) is 11.7 Å². The molecule has 160 valence electrons. The van der Waals surface area contributed by atoms with Crippen LogP contribution in [0.2, 0.25) is 0 Å². The van der Waals surface area contributed by atoms with Crippen LogP contribution in [0.5, 0.6) is 5.75 Å². The summed E-state index contributed by atoms with van der Waals surface area (Å²) in [5.74, 6) is 2.95. The zero-order valence-electron chi connectivity index (χ0n) is 17.9. The van der Waals surface area contributed by atoms with E-state index in [1.54, 1.807) is 0 Å². The fourth-order valence-electron chi connectivity index (χ4n) is 8.96. The van der Waals surface area contributed by atoms with Crippen molar-refractivity contribution in [3.8, 4) is 5.75 Å². The summed E-state index contributed by atoms with van der Waals surface area (Å²) in [6.45, 7) is 4.96. The minimum absolute atomic E-state index is 0.0154. The first-order valence-electron chi connectivity index (χ1n) is 12.7. The van der Waals surface area contributed by atoms with Crippen LogP contribution in [0.4, 0.5) is 0 Å². The Morgan fingerprint density at radius 1 is 1.00 bits per heavy atom. The van der Waals surface area contributed by atoms with Crippen molar-refractivity contribution in [1.82, 2.24) is 9.80 Å². The summed E-state index contributed by atoms with van der Waals surface area (Å²) >= 11 is 0. The number of ether oxygens (including phenoxy) is 1. The van der Waals surface area contributed by atoms with Crippen LogP contribution in [0.3, 0.4) is 0 Å². The van der Waals surface area contributed by atoms with E-state index in [0.717, 1.165) is 24.8 Å². The van der Waals surface area contributed by atoms with Gasteiger partial charge >= 0.3 is 0 Å². The van der Waals surface area contributed by atoms with Crippen molar-refractivity contribution >= 4 is 0 Å². The summed E-state index contributed by atoms with van der Waals surface area (Å²) in [6, 6.07) is 7.54. The Kier molecular flexibility index (Phi) is 3.27. The molecule has 1 N–H and O–H groups in total. The number of aromatic hydroxyl groups is 1. The Hall–Kier alpha value is -1.10. The number of nitrogens with zero attached hydrogens (tertiary/aromatic N) is 2. The maximum atomic E-state index is 10.5. The molecule has 4 bridgehead atoms. The van der Waals surface area contributed by atoms with Crippen LogP contribution in [0.25, 0.3) is 0 Å². The Labute approximate surface area is 179 Å². The third kappa shape index (κ3) is 2.05. The third-order valence-corrected chi connectivity index (χ3v) is 10.3. The number of rotatable bonds is 4. The van der Waals surface area contributed by atoms with Crippen LogP contribution in [0.1, 0.15) is 56.1 Å². The maximum absolute atomic E-state index is 10.5. The van der Waals surface area contributed by atoms with Gasteiger partial charge in [-0.3, -0.25) is 9.80 Å². The van der Waals surface area contributed by atoms with E-state index >= 15 is 0 Å². The van der Waals surface area contributed by atoms with Crippen molar-refractivity contribution in [3.05, 3.63) is 29.3 Å². The van der Waals surface area contributed by atoms with Crippen LogP contribution in [0.15, 0.2) is 18.2 Å². The second kappa shape index (κ2) is 5.63. The van der Waals surface area contributed by atoms with Crippen molar-refractivity contribution in [2.24, 2.45) is 17.8 Å². The van der Waals surface area contributed by atoms with Gasteiger partial charge in [-0.05, 0) is 93.0 Å². The molecule has 3 saturated heterocycles. The van der Waals surface area contributed by atoms with E-state index in [2.05, 4.69) is 21.9 Å². The number of fused-ring (bicyclic) bond motifs is 1. The average molecular weight is 407 g/mol. The minimum Gasteiger partial charge on any atom is -0.508 e. The van der Waals surface area contributed by atoms with E-state index < -0.39 is 0 Å². The van der Waals surface area contributed by atoms with E-state index in [1.807, 2.05) is 6.07 Å². The van der Waals surface area contributed by atoms with Crippen molar-refractivity contribution in [3.63, 3.8) is 0 Å². The number of phenolic OH excluding ortho intramolecular Hbond substituents is 1. The predicted octanol–water partition coefficient (Wildman–Crippen LogP) is 3.31. The molecule has 7 aliphatic rings. The molecule has 0 aromatic heterocycles. The lowest BCUT2D eigenvalue weighted by atomic mass is 9.46. The van der Waals surface area contributed by atoms with Crippen LogP contribution < -0.4 is 0 Å². The first-order valence-corrected chi connectivity index (χ1v) is 12.7. The topological polar surface area (TPSA) is 35.9 Å². The molecule has 30 heavy (non-hydrogen) atoms. The number of piperidine rings is 1. The third-order valence-electron chi connectivity index (χ3n) is 10.3. The van der Waals surface area contributed by atoms with Crippen molar-refractivity contribution < 1.29 is 9.84 Å².